The Kier molecular flexibility index (Phi) is 3.32. The van der Waals surface area contributed by atoms with Gasteiger partial charge in [-0.25, -0.2) is 0 Å². The molecular formula is C8H18N2O2S. The molecule has 4 nitrogen and oxygen atoms in total. The molecule has 0 aromatic rings. The van der Waals surface area contributed by atoms with Gasteiger partial charge in [-0.1, -0.05) is 6.92 Å². The summed E-state index contributed by atoms with van der Waals surface area (Å²) < 4.78 is 26.6. The van der Waals surface area contributed by atoms with E-state index < -0.39 is 10.2 Å². The zero-order chi connectivity index (χ0) is 10.1. The zero-order valence-corrected chi connectivity index (χ0v) is 9.34. The van der Waals surface area contributed by atoms with E-state index in [1.54, 1.807) is 11.4 Å². The summed E-state index contributed by atoms with van der Waals surface area (Å²) in [6.07, 6.45) is 1.80. The van der Waals surface area contributed by atoms with Crippen molar-refractivity contribution in [2.75, 3.05) is 20.1 Å². The van der Waals surface area contributed by atoms with Gasteiger partial charge in [0.15, 0.2) is 0 Å². The monoisotopic (exact) mass is 206 g/mol. The predicted octanol–water partition coefficient (Wildman–Crippen LogP) is 0.667. The van der Waals surface area contributed by atoms with Crippen molar-refractivity contribution in [3.8, 4) is 0 Å². The van der Waals surface area contributed by atoms with E-state index in [-0.39, 0.29) is 6.04 Å². The Balaban J connectivity index is 2.84. The van der Waals surface area contributed by atoms with Gasteiger partial charge in [0.25, 0.3) is 10.2 Å². The zero-order valence-electron chi connectivity index (χ0n) is 8.52. The first-order chi connectivity index (χ1) is 6.00. The van der Waals surface area contributed by atoms with Crippen molar-refractivity contribution in [3.05, 3.63) is 0 Å². The Morgan fingerprint density at radius 1 is 1.38 bits per heavy atom. The van der Waals surface area contributed by atoms with Crippen molar-refractivity contribution < 1.29 is 8.42 Å². The lowest BCUT2D eigenvalue weighted by Gasteiger charge is -2.35. The van der Waals surface area contributed by atoms with Crippen LogP contribution >= 0.6 is 0 Å². The van der Waals surface area contributed by atoms with Crippen LogP contribution in [0, 0.1) is 0 Å². The van der Waals surface area contributed by atoms with Gasteiger partial charge in [-0.3, -0.25) is 0 Å². The summed E-state index contributed by atoms with van der Waals surface area (Å²) in [7, 11) is -1.50. The lowest BCUT2D eigenvalue weighted by atomic mass is 10.2. The average Bonchev–Trinajstić information content (AvgIpc) is 2.08. The van der Waals surface area contributed by atoms with E-state index in [2.05, 4.69) is 0 Å². The molecule has 1 rings (SSSR count). The van der Waals surface area contributed by atoms with Crippen molar-refractivity contribution in [2.24, 2.45) is 0 Å². The molecule has 0 aromatic carbocycles. The summed E-state index contributed by atoms with van der Waals surface area (Å²) in [6.45, 7) is 5.28. The van der Waals surface area contributed by atoms with Gasteiger partial charge in [0, 0.05) is 26.2 Å². The van der Waals surface area contributed by atoms with Crippen LogP contribution in [0.4, 0.5) is 0 Å². The van der Waals surface area contributed by atoms with Gasteiger partial charge in [-0.05, 0) is 19.8 Å². The van der Waals surface area contributed by atoms with Crippen LogP contribution in [0.3, 0.4) is 0 Å². The molecule has 0 bridgehead atoms. The van der Waals surface area contributed by atoms with E-state index in [9.17, 15) is 8.42 Å². The standard InChI is InChI=1S/C8H18N2O2S/c1-4-8(2)10-7-5-6-9(3)13(10,11)12/h8H,4-7H2,1-3H3. The van der Waals surface area contributed by atoms with Crippen molar-refractivity contribution >= 4 is 10.2 Å². The first kappa shape index (κ1) is 10.9. The van der Waals surface area contributed by atoms with E-state index in [0.717, 1.165) is 12.8 Å². The Morgan fingerprint density at radius 2 is 2.00 bits per heavy atom. The fraction of sp³-hybridized carbons (Fsp3) is 1.00. The third-order valence-corrected chi connectivity index (χ3v) is 4.73. The molecule has 1 fully saturated rings. The normalized spacial score (nSPS) is 27.3. The number of hydrogen-bond acceptors (Lipinski definition) is 2. The second kappa shape index (κ2) is 3.94. The van der Waals surface area contributed by atoms with E-state index in [0.29, 0.717) is 13.1 Å². The Hall–Kier alpha value is -0.130. The van der Waals surface area contributed by atoms with Crippen LogP contribution in [-0.4, -0.2) is 43.2 Å². The number of hydrogen-bond donors (Lipinski definition) is 0. The maximum Gasteiger partial charge on any atom is 0.281 e. The molecule has 0 amide bonds. The van der Waals surface area contributed by atoms with Gasteiger partial charge in [0.2, 0.25) is 0 Å². The molecule has 78 valence electrons. The van der Waals surface area contributed by atoms with E-state index in [1.165, 1.54) is 4.31 Å². The molecule has 5 heteroatoms. The van der Waals surface area contributed by atoms with E-state index in [4.69, 9.17) is 0 Å². The molecule has 0 N–H and O–H groups in total. The summed E-state index contributed by atoms with van der Waals surface area (Å²) in [5.74, 6) is 0. The van der Waals surface area contributed by atoms with E-state index in [1.807, 2.05) is 13.8 Å². The molecule has 0 saturated carbocycles. The minimum absolute atomic E-state index is 0.118. The third kappa shape index (κ3) is 2.03. The fourth-order valence-electron chi connectivity index (χ4n) is 1.51. The highest BCUT2D eigenvalue weighted by Crippen LogP contribution is 2.18. The van der Waals surface area contributed by atoms with Crippen molar-refractivity contribution in [1.29, 1.82) is 0 Å². The average molecular weight is 206 g/mol. The van der Waals surface area contributed by atoms with Crippen LogP contribution in [0.1, 0.15) is 26.7 Å². The van der Waals surface area contributed by atoms with Crippen molar-refractivity contribution in [2.45, 2.75) is 32.7 Å². The topological polar surface area (TPSA) is 40.6 Å². The molecule has 1 atom stereocenters. The van der Waals surface area contributed by atoms with Crippen LogP contribution in [0.5, 0.6) is 0 Å². The molecule has 1 aliphatic heterocycles. The van der Waals surface area contributed by atoms with Crippen LogP contribution in [-0.2, 0) is 10.2 Å². The molecule has 0 spiro atoms. The summed E-state index contributed by atoms with van der Waals surface area (Å²) in [5.41, 5.74) is 0. The smallest absolute Gasteiger partial charge is 0.195 e. The van der Waals surface area contributed by atoms with Gasteiger partial charge in [0.1, 0.15) is 0 Å². The van der Waals surface area contributed by atoms with Crippen molar-refractivity contribution in [3.63, 3.8) is 0 Å². The van der Waals surface area contributed by atoms with Crippen LogP contribution < -0.4 is 0 Å². The molecule has 0 radical (unpaired) electrons. The quantitative estimate of drug-likeness (QED) is 0.666. The van der Waals surface area contributed by atoms with Gasteiger partial charge in [-0.15, -0.1) is 0 Å². The minimum Gasteiger partial charge on any atom is -0.195 e. The molecule has 0 aromatic heterocycles. The Labute approximate surface area is 80.7 Å². The largest absolute Gasteiger partial charge is 0.281 e. The number of rotatable bonds is 2. The van der Waals surface area contributed by atoms with Gasteiger partial charge >= 0.3 is 0 Å². The summed E-state index contributed by atoms with van der Waals surface area (Å²) in [5, 5.41) is 0. The van der Waals surface area contributed by atoms with E-state index >= 15 is 0 Å². The van der Waals surface area contributed by atoms with Crippen LogP contribution in [0.2, 0.25) is 0 Å². The summed E-state index contributed by atoms with van der Waals surface area (Å²) in [6, 6.07) is 0.118. The van der Waals surface area contributed by atoms with Gasteiger partial charge in [0.05, 0.1) is 0 Å². The predicted molar refractivity (Wildman–Crippen MR) is 52.6 cm³/mol. The number of nitrogens with zero attached hydrogens (tertiary/aromatic N) is 2. The van der Waals surface area contributed by atoms with Crippen LogP contribution in [0.25, 0.3) is 0 Å². The lowest BCUT2D eigenvalue weighted by molar-refractivity contribution is 0.260. The Bertz CT molecular complexity index is 263. The summed E-state index contributed by atoms with van der Waals surface area (Å²) >= 11 is 0. The molecule has 1 heterocycles. The molecule has 1 unspecified atom stereocenters. The van der Waals surface area contributed by atoms with Crippen LogP contribution in [0.15, 0.2) is 0 Å². The molecule has 1 aliphatic rings. The maximum absolute atomic E-state index is 11.8. The maximum atomic E-state index is 11.8. The molecule has 1 saturated heterocycles. The SMILES string of the molecule is CCC(C)N1CCCN(C)S1(=O)=O. The first-order valence-corrected chi connectivity index (χ1v) is 6.13. The highest BCUT2D eigenvalue weighted by Gasteiger charge is 2.33. The van der Waals surface area contributed by atoms with Crippen molar-refractivity contribution in [1.82, 2.24) is 8.61 Å². The fourth-order valence-corrected chi connectivity index (χ4v) is 3.19. The Morgan fingerprint density at radius 3 is 2.54 bits per heavy atom. The second-order valence-electron chi connectivity index (χ2n) is 3.55. The van der Waals surface area contributed by atoms with Gasteiger partial charge < -0.3 is 0 Å². The lowest BCUT2D eigenvalue weighted by Crippen LogP contribution is -2.51. The highest BCUT2D eigenvalue weighted by molar-refractivity contribution is 7.86. The second-order valence-corrected chi connectivity index (χ2v) is 5.54. The first-order valence-electron chi connectivity index (χ1n) is 4.73. The highest BCUT2D eigenvalue weighted by atomic mass is 32.2. The third-order valence-electron chi connectivity index (χ3n) is 2.62. The molecule has 0 aliphatic carbocycles. The molecular weight excluding hydrogens is 188 g/mol. The molecule has 13 heavy (non-hydrogen) atoms. The minimum atomic E-state index is -3.15. The van der Waals surface area contributed by atoms with Gasteiger partial charge in [-0.2, -0.15) is 17.0 Å². The summed E-state index contributed by atoms with van der Waals surface area (Å²) in [4.78, 5) is 0.